The van der Waals surface area contributed by atoms with Gasteiger partial charge in [-0.2, -0.15) is 0 Å². The minimum Gasteiger partial charge on any atom is -0.452 e. The van der Waals surface area contributed by atoms with Crippen molar-refractivity contribution in [1.82, 2.24) is 14.9 Å². The van der Waals surface area contributed by atoms with Crippen LogP contribution in [0.15, 0.2) is 23.1 Å². The van der Waals surface area contributed by atoms with Gasteiger partial charge in [0.2, 0.25) is 5.43 Å². The molecule has 0 spiro atoms. The second-order valence-electron chi connectivity index (χ2n) is 6.96. The summed E-state index contributed by atoms with van der Waals surface area (Å²) >= 11 is 0. The van der Waals surface area contributed by atoms with Crippen LogP contribution in [0.1, 0.15) is 55.1 Å². The fourth-order valence-electron chi connectivity index (χ4n) is 3.47. The van der Waals surface area contributed by atoms with Crippen LogP contribution >= 0.6 is 0 Å². The number of rotatable bonds is 5. The van der Waals surface area contributed by atoms with Crippen LogP contribution in [0.25, 0.3) is 11.0 Å². The van der Waals surface area contributed by atoms with Crippen molar-refractivity contribution in [2.45, 2.75) is 58.5 Å². The molecule has 0 radical (unpaired) electrons. The largest absolute Gasteiger partial charge is 0.452 e. The van der Waals surface area contributed by atoms with E-state index < -0.39 is 11.4 Å². The lowest BCUT2D eigenvalue weighted by Gasteiger charge is -2.22. The zero-order chi connectivity index (χ0) is 19.4. The lowest BCUT2D eigenvalue weighted by molar-refractivity contribution is -0.125. The highest BCUT2D eigenvalue weighted by Crippen LogP contribution is 2.17. The molecule has 1 saturated carbocycles. The van der Waals surface area contributed by atoms with E-state index in [-0.39, 0.29) is 24.1 Å². The minimum absolute atomic E-state index is 0.0829. The average molecular weight is 371 g/mol. The van der Waals surface area contributed by atoms with Gasteiger partial charge in [-0.3, -0.25) is 9.59 Å². The van der Waals surface area contributed by atoms with Crippen LogP contribution in [0, 0.1) is 6.92 Å². The normalized spacial score (nSPS) is 14.9. The smallest absolute Gasteiger partial charge is 0.344 e. The number of fused-ring (bicyclic) bond motifs is 1. The fraction of sp³-hybridized carbons (Fsp3) is 0.500. The van der Waals surface area contributed by atoms with E-state index in [4.69, 9.17) is 4.74 Å². The molecule has 0 saturated heterocycles. The first-order chi connectivity index (χ1) is 13.0. The molecule has 0 unspecified atom stereocenters. The van der Waals surface area contributed by atoms with Crippen molar-refractivity contribution < 1.29 is 14.3 Å². The fourth-order valence-corrected chi connectivity index (χ4v) is 3.47. The second kappa shape index (κ2) is 8.33. The molecule has 27 heavy (non-hydrogen) atoms. The molecule has 2 aromatic rings. The number of aromatic nitrogens is 2. The van der Waals surface area contributed by atoms with E-state index in [0.29, 0.717) is 17.6 Å². The van der Waals surface area contributed by atoms with Crippen molar-refractivity contribution in [3.8, 4) is 0 Å². The monoisotopic (exact) mass is 371 g/mol. The van der Waals surface area contributed by atoms with Crippen LogP contribution in [0.5, 0.6) is 0 Å². The number of pyridine rings is 2. The molecular weight excluding hydrogens is 346 g/mol. The standard InChI is InChI=1S/C20H25N3O4/c1-3-23-11-16(18(25)15-10-9-13(2)21-19(15)23)20(26)27-12-17(24)22-14-7-5-4-6-8-14/h9-11,14H,3-8,12H2,1-2H3,(H,22,24). The third-order valence-corrected chi connectivity index (χ3v) is 4.93. The third-order valence-electron chi connectivity index (χ3n) is 4.93. The Bertz CT molecular complexity index is 913. The lowest BCUT2D eigenvalue weighted by atomic mass is 9.95. The van der Waals surface area contributed by atoms with Crippen molar-refractivity contribution in [3.63, 3.8) is 0 Å². The van der Waals surface area contributed by atoms with Crippen molar-refractivity contribution in [2.75, 3.05) is 6.61 Å². The van der Waals surface area contributed by atoms with Gasteiger partial charge in [-0.15, -0.1) is 0 Å². The van der Waals surface area contributed by atoms with Crippen molar-refractivity contribution >= 4 is 22.9 Å². The first-order valence-corrected chi connectivity index (χ1v) is 9.47. The summed E-state index contributed by atoms with van der Waals surface area (Å²) in [7, 11) is 0. The molecule has 0 aliphatic heterocycles. The van der Waals surface area contributed by atoms with E-state index in [1.807, 2.05) is 13.8 Å². The van der Waals surface area contributed by atoms with Crippen LogP contribution < -0.4 is 10.7 Å². The Morgan fingerprint density at radius 1 is 1.26 bits per heavy atom. The predicted molar refractivity (Wildman–Crippen MR) is 102 cm³/mol. The molecule has 144 valence electrons. The highest BCUT2D eigenvalue weighted by molar-refractivity contribution is 5.94. The number of carbonyl (C=O) groups is 2. The van der Waals surface area contributed by atoms with Gasteiger partial charge < -0.3 is 14.6 Å². The Labute approximate surface area is 157 Å². The van der Waals surface area contributed by atoms with Crippen LogP contribution in [0.2, 0.25) is 0 Å². The molecule has 1 aliphatic rings. The van der Waals surface area contributed by atoms with Gasteiger partial charge in [0.25, 0.3) is 5.91 Å². The summed E-state index contributed by atoms with van der Waals surface area (Å²) in [5, 5.41) is 3.25. The summed E-state index contributed by atoms with van der Waals surface area (Å²) in [5.74, 6) is -1.12. The first-order valence-electron chi connectivity index (χ1n) is 9.47. The lowest BCUT2D eigenvalue weighted by Crippen LogP contribution is -2.39. The number of hydrogen-bond donors (Lipinski definition) is 1. The Morgan fingerprint density at radius 2 is 2.00 bits per heavy atom. The van der Waals surface area contributed by atoms with Gasteiger partial charge in [-0.25, -0.2) is 9.78 Å². The molecule has 0 bridgehead atoms. The Morgan fingerprint density at radius 3 is 2.70 bits per heavy atom. The van der Waals surface area contributed by atoms with Gasteiger partial charge in [0.1, 0.15) is 11.2 Å². The van der Waals surface area contributed by atoms with Gasteiger partial charge >= 0.3 is 5.97 Å². The number of aryl methyl sites for hydroxylation is 2. The summed E-state index contributed by atoms with van der Waals surface area (Å²) in [5.41, 5.74) is 0.813. The summed E-state index contributed by atoms with van der Waals surface area (Å²) in [6.45, 7) is 3.92. The zero-order valence-corrected chi connectivity index (χ0v) is 15.8. The molecule has 3 rings (SSSR count). The molecule has 2 heterocycles. The maximum atomic E-state index is 12.7. The SMILES string of the molecule is CCn1cc(C(=O)OCC(=O)NC2CCCCC2)c(=O)c2ccc(C)nc21. The molecule has 0 atom stereocenters. The number of esters is 1. The number of amides is 1. The second-order valence-corrected chi connectivity index (χ2v) is 6.96. The maximum Gasteiger partial charge on any atom is 0.344 e. The highest BCUT2D eigenvalue weighted by Gasteiger charge is 2.20. The molecule has 0 aromatic carbocycles. The van der Waals surface area contributed by atoms with Crippen LogP contribution in [0.3, 0.4) is 0 Å². The number of hydrogen-bond acceptors (Lipinski definition) is 5. The molecule has 1 fully saturated rings. The van der Waals surface area contributed by atoms with Crippen LogP contribution in [0.4, 0.5) is 0 Å². The van der Waals surface area contributed by atoms with Gasteiger partial charge in [0.15, 0.2) is 6.61 Å². The molecule has 1 aliphatic carbocycles. The molecule has 1 N–H and O–H groups in total. The van der Waals surface area contributed by atoms with Crippen LogP contribution in [-0.4, -0.2) is 34.1 Å². The van der Waals surface area contributed by atoms with E-state index in [1.165, 1.54) is 12.6 Å². The predicted octanol–water partition coefficient (Wildman–Crippen LogP) is 2.33. The molecule has 2 aromatic heterocycles. The Balaban J connectivity index is 1.73. The highest BCUT2D eigenvalue weighted by atomic mass is 16.5. The third kappa shape index (κ3) is 4.35. The number of carbonyl (C=O) groups excluding carboxylic acids is 2. The quantitative estimate of drug-likeness (QED) is 0.815. The molecule has 7 nitrogen and oxygen atoms in total. The molecule has 1 amide bonds. The van der Waals surface area contributed by atoms with Gasteiger partial charge in [-0.1, -0.05) is 19.3 Å². The number of nitrogens with one attached hydrogen (secondary N) is 1. The maximum absolute atomic E-state index is 12.7. The van der Waals surface area contributed by atoms with Crippen molar-refractivity contribution in [1.29, 1.82) is 0 Å². The Hall–Kier alpha value is -2.70. The summed E-state index contributed by atoms with van der Waals surface area (Å²) in [6.07, 6.45) is 6.77. The van der Waals surface area contributed by atoms with Gasteiger partial charge in [-0.05, 0) is 38.8 Å². The van der Waals surface area contributed by atoms with E-state index >= 15 is 0 Å². The minimum atomic E-state index is -0.788. The zero-order valence-electron chi connectivity index (χ0n) is 15.8. The van der Waals surface area contributed by atoms with E-state index in [2.05, 4.69) is 10.3 Å². The van der Waals surface area contributed by atoms with Crippen LogP contribution in [-0.2, 0) is 16.1 Å². The molecular formula is C20H25N3O4. The average Bonchev–Trinajstić information content (AvgIpc) is 2.67. The molecule has 7 heteroatoms. The summed E-state index contributed by atoms with van der Waals surface area (Å²) < 4.78 is 6.84. The van der Waals surface area contributed by atoms with E-state index in [1.54, 1.807) is 16.7 Å². The Kier molecular flexibility index (Phi) is 5.88. The van der Waals surface area contributed by atoms with E-state index in [0.717, 1.165) is 31.4 Å². The van der Waals surface area contributed by atoms with Crippen molar-refractivity contribution in [2.24, 2.45) is 0 Å². The van der Waals surface area contributed by atoms with Gasteiger partial charge in [0, 0.05) is 24.5 Å². The summed E-state index contributed by atoms with van der Waals surface area (Å²) in [4.78, 5) is 41.5. The summed E-state index contributed by atoms with van der Waals surface area (Å²) in [6, 6.07) is 3.55. The first kappa shape index (κ1) is 19.1. The number of ether oxygens (including phenoxy) is 1. The van der Waals surface area contributed by atoms with Crippen molar-refractivity contribution in [3.05, 3.63) is 39.8 Å². The topological polar surface area (TPSA) is 90.3 Å². The van der Waals surface area contributed by atoms with E-state index in [9.17, 15) is 14.4 Å². The van der Waals surface area contributed by atoms with Gasteiger partial charge in [0.05, 0.1) is 5.39 Å². The number of nitrogens with zero attached hydrogens (tertiary/aromatic N) is 2.